The highest BCUT2D eigenvalue weighted by atomic mass is 35.5. The van der Waals surface area contributed by atoms with Gasteiger partial charge in [-0.3, -0.25) is 14.4 Å². The van der Waals surface area contributed by atoms with E-state index in [9.17, 15) is 14.4 Å². The van der Waals surface area contributed by atoms with E-state index in [4.69, 9.17) is 25.8 Å². The number of halogens is 1. The molecule has 3 aromatic carbocycles. The summed E-state index contributed by atoms with van der Waals surface area (Å²) in [7, 11) is 2.99. The van der Waals surface area contributed by atoms with Crippen LogP contribution in [0.15, 0.2) is 71.6 Å². The number of para-hydroxylation sites is 2. The topological polar surface area (TPSA) is 94.2 Å². The van der Waals surface area contributed by atoms with E-state index in [1.807, 2.05) is 0 Å². The summed E-state index contributed by atoms with van der Waals surface area (Å²) >= 11 is 6.74. The van der Waals surface area contributed by atoms with Gasteiger partial charge in [0, 0.05) is 5.02 Å². The molecule has 1 N–H and O–H groups in total. The molecule has 0 atom stereocenters. The minimum absolute atomic E-state index is 0.256. The highest BCUT2D eigenvalue weighted by Gasteiger charge is 2.36. The van der Waals surface area contributed by atoms with Crippen molar-refractivity contribution in [2.75, 3.05) is 31.0 Å². The number of benzene rings is 3. The first-order chi connectivity index (χ1) is 17.4. The quantitative estimate of drug-likeness (QED) is 0.382. The minimum atomic E-state index is -0.431. The molecule has 1 aliphatic heterocycles. The molecule has 10 heteroatoms. The molecule has 0 radical (unpaired) electrons. The van der Waals surface area contributed by atoms with Crippen molar-refractivity contribution >= 4 is 57.9 Å². The molecule has 0 aromatic heterocycles. The number of rotatable bonds is 8. The Balaban J connectivity index is 1.45. The van der Waals surface area contributed by atoms with Crippen LogP contribution in [0, 0.1) is 0 Å². The fourth-order valence-corrected chi connectivity index (χ4v) is 4.37. The second-order valence-corrected chi connectivity index (χ2v) is 8.87. The van der Waals surface area contributed by atoms with Gasteiger partial charge < -0.3 is 19.5 Å². The highest BCUT2D eigenvalue weighted by molar-refractivity contribution is 8.19. The number of anilines is 2. The molecule has 184 valence electrons. The third-order valence-corrected chi connectivity index (χ3v) is 6.23. The van der Waals surface area contributed by atoms with Crippen LogP contribution < -0.4 is 24.4 Å². The zero-order valence-corrected chi connectivity index (χ0v) is 20.9. The molecule has 1 saturated heterocycles. The average molecular weight is 525 g/mol. The van der Waals surface area contributed by atoms with Crippen molar-refractivity contribution in [3.8, 4) is 17.2 Å². The lowest BCUT2D eigenvalue weighted by atomic mass is 10.2. The number of carbonyl (C=O) groups is 3. The number of nitrogens with one attached hydrogen (secondary N) is 1. The standard InChI is InChI=1S/C26H21ClN2O6S/c1-33-20-6-4-3-5-19(20)28-24(30)15-35-21-12-7-16(13-22(21)34-2)14-23-25(31)29(26(32)36-23)18-10-8-17(27)9-11-18/h3-14H,15H2,1-2H3,(H,28,30)/b23-14+. The highest BCUT2D eigenvalue weighted by Crippen LogP contribution is 2.37. The summed E-state index contributed by atoms with van der Waals surface area (Å²) in [6, 6.07) is 18.5. The molecular formula is C26H21ClN2O6S. The number of hydrogen-bond donors (Lipinski definition) is 1. The molecule has 1 fully saturated rings. The summed E-state index contributed by atoms with van der Waals surface area (Å²) in [6.07, 6.45) is 1.60. The molecule has 36 heavy (non-hydrogen) atoms. The number of carbonyl (C=O) groups excluding carboxylic acids is 3. The molecule has 3 aromatic rings. The van der Waals surface area contributed by atoms with Gasteiger partial charge in [0.25, 0.3) is 17.1 Å². The van der Waals surface area contributed by atoms with Crippen LogP contribution in [0.2, 0.25) is 5.02 Å². The average Bonchev–Trinajstić information content (AvgIpc) is 3.16. The van der Waals surface area contributed by atoms with Gasteiger partial charge in [-0.2, -0.15) is 0 Å². The Morgan fingerprint density at radius 1 is 0.972 bits per heavy atom. The predicted octanol–water partition coefficient (Wildman–Crippen LogP) is 5.62. The summed E-state index contributed by atoms with van der Waals surface area (Å²) in [4.78, 5) is 39.1. The minimum Gasteiger partial charge on any atom is -0.495 e. The van der Waals surface area contributed by atoms with Gasteiger partial charge in [0.15, 0.2) is 18.1 Å². The number of methoxy groups -OCH3 is 2. The fraction of sp³-hybridized carbons (Fsp3) is 0.115. The maximum Gasteiger partial charge on any atom is 0.298 e. The van der Waals surface area contributed by atoms with Crippen molar-refractivity contribution in [2.45, 2.75) is 0 Å². The Labute approximate surface area is 216 Å². The smallest absolute Gasteiger partial charge is 0.298 e. The molecule has 0 saturated carbocycles. The number of nitrogens with zero attached hydrogens (tertiary/aromatic N) is 1. The molecule has 1 aliphatic rings. The van der Waals surface area contributed by atoms with E-state index in [0.29, 0.717) is 39.2 Å². The van der Waals surface area contributed by atoms with Crippen LogP contribution in [0.3, 0.4) is 0 Å². The van der Waals surface area contributed by atoms with Gasteiger partial charge in [-0.15, -0.1) is 0 Å². The number of imide groups is 1. The Bertz CT molecular complexity index is 1340. The summed E-state index contributed by atoms with van der Waals surface area (Å²) in [5.74, 6) is 0.444. The largest absolute Gasteiger partial charge is 0.495 e. The lowest BCUT2D eigenvalue weighted by Gasteiger charge is -2.13. The van der Waals surface area contributed by atoms with Crippen molar-refractivity contribution < 1.29 is 28.6 Å². The van der Waals surface area contributed by atoms with Crippen LogP contribution in [0.4, 0.5) is 16.2 Å². The molecule has 3 amide bonds. The normalized spacial score (nSPS) is 14.2. The fourth-order valence-electron chi connectivity index (χ4n) is 3.40. The molecule has 0 spiro atoms. The van der Waals surface area contributed by atoms with Crippen LogP contribution in [-0.2, 0) is 9.59 Å². The first-order valence-electron chi connectivity index (χ1n) is 10.7. The van der Waals surface area contributed by atoms with Crippen LogP contribution in [-0.4, -0.2) is 37.9 Å². The van der Waals surface area contributed by atoms with Gasteiger partial charge in [-0.25, -0.2) is 4.90 Å². The zero-order valence-electron chi connectivity index (χ0n) is 19.3. The lowest BCUT2D eigenvalue weighted by Crippen LogP contribution is -2.27. The van der Waals surface area contributed by atoms with E-state index in [2.05, 4.69) is 5.32 Å². The molecule has 0 unspecified atom stereocenters. The Kier molecular flexibility index (Phi) is 7.82. The SMILES string of the molecule is COc1ccccc1NC(=O)COc1ccc(/C=C2/SC(=O)N(c3ccc(Cl)cc3)C2=O)cc1OC. The van der Waals surface area contributed by atoms with Gasteiger partial charge in [0.2, 0.25) is 0 Å². The molecule has 1 heterocycles. The molecule has 0 bridgehead atoms. The van der Waals surface area contributed by atoms with E-state index < -0.39 is 11.1 Å². The number of amides is 3. The van der Waals surface area contributed by atoms with Crippen LogP contribution >= 0.6 is 23.4 Å². The van der Waals surface area contributed by atoms with Gasteiger partial charge in [0.05, 0.1) is 30.5 Å². The molecule has 8 nitrogen and oxygen atoms in total. The predicted molar refractivity (Wildman–Crippen MR) is 140 cm³/mol. The van der Waals surface area contributed by atoms with Crippen molar-refractivity contribution in [3.63, 3.8) is 0 Å². The maximum absolute atomic E-state index is 12.9. The van der Waals surface area contributed by atoms with Crippen molar-refractivity contribution in [3.05, 3.63) is 82.2 Å². The number of thioether (sulfide) groups is 1. The second-order valence-electron chi connectivity index (χ2n) is 7.44. The van der Waals surface area contributed by atoms with Gasteiger partial charge >= 0.3 is 0 Å². The van der Waals surface area contributed by atoms with Gasteiger partial charge in [0.1, 0.15) is 5.75 Å². The van der Waals surface area contributed by atoms with Crippen molar-refractivity contribution in [1.82, 2.24) is 0 Å². The van der Waals surface area contributed by atoms with Crippen LogP contribution in [0.1, 0.15) is 5.56 Å². The van der Waals surface area contributed by atoms with E-state index >= 15 is 0 Å². The first-order valence-corrected chi connectivity index (χ1v) is 11.9. The Hall–Kier alpha value is -3.95. The van der Waals surface area contributed by atoms with E-state index in [1.165, 1.54) is 14.2 Å². The van der Waals surface area contributed by atoms with Gasteiger partial charge in [-0.05, 0) is 71.9 Å². The van der Waals surface area contributed by atoms with Gasteiger partial charge in [-0.1, -0.05) is 29.8 Å². The Morgan fingerprint density at radius 2 is 1.69 bits per heavy atom. The molecule has 4 rings (SSSR count). The van der Waals surface area contributed by atoms with Crippen LogP contribution in [0.5, 0.6) is 17.2 Å². The van der Waals surface area contributed by atoms with Crippen molar-refractivity contribution in [1.29, 1.82) is 0 Å². The zero-order chi connectivity index (χ0) is 25.7. The maximum atomic E-state index is 12.9. The summed E-state index contributed by atoms with van der Waals surface area (Å²) in [6.45, 7) is -0.256. The molecular weight excluding hydrogens is 504 g/mol. The van der Waals surface area contributed by atoms with Crippen LogP contribution in [0.25, 0.3) is 6.08 Å². The summed E-state index contributed by atoms with van der Waals surface area (Å²) in [5, 5.41) is 2.84. The summed E-state index contributed by atoms with van der Waals surface area (Å²) in [5.41, 5.74) is 1.60. The third kappa shape index (κ3) is 5.64. The third-order valence-electron chi connectivity index (χ3n) is 5.10. The first kappa shape index (κ1) is 25.2. The van der Waals surface area contributed by atoms with E-state index in [-0.39, 0.29) is 17.4 Å². The van der Waals surface area contributed by atoms with E-state index in [1.54, 1.807) is 72.8 Å². The molecule has 0 aliphatic carbocycles. The van der Waals surface area contributed by atoms with E-state index in [0.717, 1.165) is 16.7 Å². The monoisotopic (exact) mass is 524 g/mol. The van der Waals surface area contributed by atoms with Crippen molar-refractivity contribution in [2.24, 2.45) is 0 Å². The Morgan fingerprint density at radius 3 is 2.42 bits per heavy atom. The number of ether oxygens (including phenoxy) is 3. The second kappa shape index (κ2) is 11.2. The number of hydrogen-bond acceptors (Lipinski definition) is 7. The summed E-state index contributed by atoms with van der Waals surface area (Å²) < 4.78 is 16.3. The lowest BCUT2D eigenvalue weighted by molar-refractivity contribution is -0.118.